The molecule has 3 aromatic carbocycles. The fourth-order valence-electron chi connectivity index (χ4n) is 6.81. The lowest BCUT2D eigenvalue weighted by atomic mass is 10.0. The molecule has 6 rings (SSSR count). The van der Waals surface area contributed by atoms with E-state index < -0.39 is 23.7 Å². The molecule has 1 atom stereocenters. The Hall–Kier alpha value is -4.55. The summed E-state index contributed by atoms with van der Waals surface area (Å²) in [6.07, 6.45) is 9.04. The maximum Gasteiger partial charge on any atom is 0.319 e. The number of hydrogen-bond acceptors (Lipinski definition) is 5. The van der Waals surface area contributed by atoms with E-state index >= 15 is 0 Å². The van der Waals surface area contributed by atoms with E-state index in [-0.39, 0.29) is 18.9 Å². The molecule has 9 nitrogen and oxygen atoms in total. The van der Waals surface area contributed by atoms with E-state index in [0.29, 0.717) is 53.8 Å². The zero-order chi connectivity index (χ0) is 37.3. The van der Waals surface area contributed by atoms with Gasteiger partial charge in [-0.05, 0) is 111 Å². The van der Waals surface area contributed by atoms with Crippen molar-refractivity contribution in [1.82, 2.24) is 24.7 Å². The molecule has 1 aliphatic rings. The molecule has 2 aromatic heterocycles. The summed E-state index contributed by atoms with van der Waals surface area (Å²) in [4.78, 5) is 36.1. The fourth-order valence-corrected chi connectivity index (χ4v) is 7.33. The predicted molar refractivity (Wildman–Crippen MR) is 206 cm³/mol. The van der Waals surface area contributed by atoms with Crippen LogP contribution in [0.25, 0.3) is 10.9 Å². The highest BCUT2D eigenvalue weighted by Gasteiger charge is 2.27. The summed E-state index contributed by atoms with van der Waals surface area (Å²) in [6.45, 7) is 4.43. The molecule has 1 aliphatic heterocycles. The van der Waals surface area contributed by atoms with Gasteiger partial charge in [0, 0.05) is 71.3 Å². The minimum atomic E-state index is -1.10. The summed E-state index contributed by atoms with van der Waals surface area (Å²) in [6, 6.07) is 16.5. The molecular formula is C40H43Cl2F2N7O2. The summed E-state index contributed by atoms with van der Waals surface area (Å²) in [5.41, 5.74) is 10.3. The number of fused-ring (bicyclic) bond motifs is 1. The molecule has 0 aliphatic carbocycles. The maximum atomic E-state index is 14.3. The van der Waals surface area contributed by atoms with E-state index in [4.69, 9.17) is 28.9 Å². The van der Waals surface area contributed by atoms with E-state index in [9.17, 15) is 18.4 Å². The molecule has 0 saturated carbocycles. The first-order chi connectivity index (χ1) is 25.7. The largest absolute Gasteiger partial charge is 0.343 e. The SMILES string of the molecule is NCCCCN(Cc1ccncc1)C(=O)[C@H](Cc1ccc(F)c(F)c1)NC(=O)Nc1ccc2c(CN3CCCC3)cn(Cc3c(Cl)cccc3Cl)c2c1. The Bertz CT molecular complexity index is 2020. The number of nitrogens with one attached hydrogen (secondary N) is 2. The first-order valence-electron chi connectivity index (χ1n) is 17.8. The van der Waals surface area contributed by atoms with Crippen LogP contribution in [0.2, 0.25) is 10.0 Å². The molecule has 0 unspecified atom stereocenters. The van der Waals surface area contributed by atoms with Gasteiger partial charge < -0.3 is 25.8 Å². The van der Waals surface area contributed by atoms with Gasteiger partial charge in [-0.2, -0.15) is 0 Å². The van der Waals surface area contributed by atoms with Crippen molar-refractivity contribution in [3.05, 3.63) is 129 Å². The molecular weight excluding hydrogens is 719 g/mol. The smallest absolute Gasteiger partial charge is 0.319 e. The predicted octanol–water partition coefficient (Wildman–Crippen LogP) is 7.77. The number of nitrogens with zero attached hydrogens (tertiary/aromatic N) is 4. The summed E-state index contributed by atoms with van der Waals surface area (Å²) in [5, 5.41) is 7.91. The maximum absolute atomic E-state index is 14.3. The number of unbranched alkanes of at least 4 members (excludes halogenated alkanes) is 1. The lowest BCUT2D eigenvalue weighted by molar-refractivity contribution is -0.133. The van der Waals surface area contributed by atoms with Crippen molar-refractivity contribution < 1.29 is 18.4 Å². The van der Waals surface area contributed by atoms with Gasteiger partial charge >= 0.3 is 6.03 Å². The van der Waals surface area contributed by atoms with Crippen LogP contribution in [0, 0.1) is 11.6 Å². The quantitative estimate of drug-likeness (QED) is 0.0946. The number of hydrogen-bond donors (Lipinski definition) is 3. The number of aromatic nitrogens is 2. The van der Waals surface area contributed by atoms with Crippen LogP contribution in [-0.4, -0.2) is 63.5 Å². The number of urea groups is 1. The lowest BCUT2D eigenvalue weighted by Gasteiger charge is -2.28. The first kappa shape index (κ1) is 38.2. The van der Waals surface area contributed by atoms with Gasteiger partial charge in [-0.3, -0.25) is 14.7 Å². The van der Waals surface area contributed by atoms with Crippen LogP contribution in [0.15, 0.2) is 85.3 Å². The van der Waals surface area contributed by atoms with Gasteiger partial charge in [0.2, 0.25) is 5.91 Å². The van der Waals surface area contributed by atoms with E-state index in [0.717, 1.165) is 59.4 Å². The molecule has 3 amide bonds. The van der Waals surface area contributed by atoms with Crippen LogP contribution in [0.4, 0.5) is 19.3 Å². The van der Waals surface area contributed by atoms with Crippen molar-refractivity contribution in [3.63, 3.8) is 0 Å². The summed E-state index contributed by atoms with van der Waals surface area (Å²) in [7, 11) is 0. The van der Waals surface area contributed by atoms with Crippen LogP contribution in [0.1, 0.15) is 47.9 Å². The Kier molecular flexibility index (Phi) is 13.0. The van der Waals surface area contributed by atoms with Crippen molar-refractivity contribution in [2.45, 2.75) is 57.8 Å². The Morgan fingerprint density at radius 3 is 2.38 bits per heavy atom. The van der Waals surface area contributed by atoms with Gasteiger partial charge in [0.25, 0.3) is 0 Å². The molecule has 53 heavy (non-hydrogen) atoms. The van der Waals surface area contributed by atoms with Gasteiger partial charge in [-0.15, -0.1) is 0 Å². The Labute approximate surface area is 318 Å². The average Bonchev–Trinajstić information content (AvgIpc) is 3.78. The van der Waals surface area contributed by atoms with Crippen LogP contribution in [-0.2, 0) is 30.8 Å². The number of benzene rings is 3. The van der Waals surface area contributed by atoms with E-state index in [1.54, 1.807) is 17.3 Å². The fraction of sp³-hybridized carbons (Fsp3) is 0.325. The third-order valence-electron chi connectivity index (χ3n) is 9.55. The van der Waals surface area contributed by atoms with Crippen LogP contribution >= 0.6 is 23.2 Å². The molecule has 0 bridgehead atoms. The first-order valence-corrected chi connectivity index (χ1v) is 18.6. The summed E-state index contributed by atoms with van der Waals surface area (Å²) >= 11 is 13.2. The minimum Gasteiger partial charge on any atom is -0.343 e. The van der Waals surface area contributed by atoms with Crippen molar-refractivity contribution in [2.24, 2.45) is 5.73 Å². The normalized spacial score (nSPS) is 13.7. The Morgan fingerprint density at radius 2 is 1.66 bits per heavy atom. The van der Waals surface area contributed by atoms with Gasteiger partial charge in [0.1, 0.15) is 6.04 Å². The number of halogens is 4. The van der Waals surface area contributed by atoms with Gasteiger partial charge in [0.15, 0.2) is 11.6 Å². The van der Waals surface area contributed by atoms with Crippen molar-refractivity contribution in [1.29, 1.82) is 0 Å². The Balaban J connectivity index is 1.27. The number of rotatable bonds is 15. The second-order valence-electron chi connectivity index (χ2n) is 13.4. The molecule has 13 heteroatoms. The third-order valence-corrected chi connectivity index (χ3v) is 10.3. The second-order valence-corrected chi connectivity index (χ2v) is 14.2. The number of carbonyl (C=O) groups excluding carboxylic acids is 2. The molecule has 0 spiro atoms. The van der Waals surface area contributed by atoms with Crippen LogP contribution < -0.4 is 16.4 Å². The monoisotopic (exact) mass is 761 g/mol. The van der Waals surface area contributed by atoms with Gasteiger partial charge in [-0.25, -0.2) is 13.6 Å². The van der Waals surface area contributed by atoms with E-state index in [1.165, 1.54) is 18.9 Å². The summed E-state index contributed by atoms with van der Waals surface area (Å²) in [5.74, 6) is -2.40. The minimum absolute atomic E-state index is 0.0620. The highest BCUT2D eigenvalue weighted by atomic mass is 35.5. The highest BCUT2D eigenvalue weighted by molar-refractivity contribution is 6.36. The third kappa shape index (κ3) is 9.91. The van der Waals surface area contributed by atoms with Crippen LogP contribution in [0.3, 0.4) is 0 Å². The van der Waals surface area contributed by atoms with Crippen molar-refractivity contribution in [3.8, 4) is 0 Å². The molecule has 1 saturated heterocycles. The zero-order valence-corrected chi connectivity index (χ0v) is 30.9. The van der Waals surface area contributed by atoms with Crippen molar-refractivity contribution in [2.75, 3.05) is 31.5 Å². The number of likely N-dealkylation sites (tertiary alicyclic amines) is 1. The number of amides is 3. The standard InChI is InChI=1S/C40H43Cl2F2N7O2/c41-33-6-5-7-34(42)32(33)26-51-25-29(24-49-17-3-4-18-49)31-10-9-30(22-38(31)51)47-40(53)48-37(21-28-8-11-35(43)36(44)20-28)39(52)50(19-2-1-14-45)23-27-12-15-46-16-13-27/h5-13,15-16,20,22,25,37H,1-4,14,17-19,21,23-24,26,45H2,(H2,47,48,53)/t37-/m0/s1. The van der Waals surface area contributed by atoms with Crippen LogP contribution in [0.5, 0.6) is 0 Å². The Morgan fingerprint density at radius 1 is 0.906 bits per heavy atom. The summed E-state index contributed by atoms with van der Waals surface area (Å²) < 4.78 is 30.2. The number of anilines is 1. The molecule has 278 valence electrons. The van der Waals surface area contributed by atoms with Crippen molar-refractivity contribution >= 4 is 51.7 Å². The van der Waals surface area contributed by atoms with E-state index in [2.05, 4.69) is 31.3 Å². The second kappa shape index (κ2) is 18.0. The molecule has 3 heterocycles. The van der Waals surface area contributed by atoms with Gasteiger partial charge in [-0.1, -0.05) is 41.4 Å². The molecule has 5 aromatic rings. The van der Waals surface area contributed by atoms with Gasteiger partial charge in [0.05, 0.1) is 12.1 Å². The molecule has 0 radical (unpaired) electrons. The molecule has 1 fully saturated rings. The zero-order valence-electron chi connectivity index (χ0n) is 29.3. The van der Waals surface area contributed by atoms with E-state index in [1.807, 2.05) is 48.5 Å². The highest BCUT2D eigenvalue weighted by Crippen LogP contribution is 2.31. The number of carbonyl (C=O) groups is 2. The lowest BCUT2D eigenvalue weighted by Crippen LogP contribution is -2.51. The number of pyridine rings is 1. The molecule has 4 N–H and O–H groups in total. The average molecular weight is 763 g/mol. The number of nitrogens with two attached hydrogens (primary N) is 1. The topological polar surface area (TPSA) is 109 Å².